The van der Waals surface area contributed by atoms with Crippen molar-refractivity contribution in [2.75, 3.05) is 6.61 Å². The van der Waals surface area contributed by atoms with E-state index in [4.69, 9.17) is 16.3 Å². The second-order valence-electron chi connectivity index (χ2n) is 6.10. The number of nitrogens with zero attached hydrogens (tertiary/aromatic N) is 5. The van der Waals surface area contributed by atoms with Gasteiger partial charge in [-0.05, 0) is 30.7 Å². The summed E-state index contributed by atoms with van der Waals surface area (Å²) in [6.45, 7) is 2.33. The number of benzene rings is 1. The molecule has 7 nitrogen and oxygen atoms in total. The first-order valence-electron chi connectivity index (χ1n) is 8.56. The number of nitriles is 1. The quantitative estimate of drug-likeness (QED) is 0.492. The summed E-state index contributed by atoms with van der Waals surface area (Å²) in [4.78, 5) is 20.7. The lowest BCUT2D eigenvalue weighted by Gasteiger charge is -2.06. The molecule has 28 heavy (non-hydrogen) atoms. The maximum absolute atomic E-state index is 12.4. The van der Waals surface area contributed by atoms with Gasteiger partial charge in [0.25, 0.3) is 0 Å². The minimum Gasteiger partial charge on any atom is -0.461 e. The van der Waals surface area contributed by atoms with Crippen molar-refractivity contribution in [1.82, 2.24) is 19.7 Å². The fourth-order valence-corrected chi connectivity index (χ4v) is 3.26. The van der Waals surface area contributed by atoms with Gasteiger partial charge < -0.3 is 4.74 Å². The van der Waals surface area contributed by atoms with Gasteiger partial charge in [0.2, 0.25) is 0 Å². The lowest BCUT2D eigenvalue weighted by molar-refractivity contribution is 0.0520. The molecule has 3 heterocycles. The van der Waals surface area contributed by atoms with Crippen molar-refractivity contribution in [2.24, 2.45) is 0 Å². The Hall–Kier alpha value is -3.50. The topological polar surface area (TPSA) is 93.7 Å². The standard InChI is InChI=1S/C20H14ClN5O2/c1-2-28-20(27)19-18-14(7-22)8-23-10-17(18)26(25-19)11-12-3-4-16-13(5-12)6-15(21)9-24-16/h3-6,8-10H,2,11H2,1H3. The molecule has 0 fully saturated rings. The van der Waals surface area contributed by atoms with E-state index in [1.807, 2.05) is 24.3 Å². The first-order chi connectivity index (χ1) is 13.6. The average Bonchev–Trinajstić information content (AvgIpc) is 3.06. The first kappa shape index (κ1) is 17.9. The van der Waals surface area contributed by atoms with Gasteiger partial charge >= 0.3 is 5.97 Å². The molecule has 0 aliphatic carbocycles. The fourth-order valence-electron chi connectivity index (χ4n) is 3.09. The zero-order chi connectivity index (χ0) is 19.7. The van der Waals surface area contributed by atoms with Crippen molar-refractivity contribution in [2.45, 2.75) is 13.5 Å². The molecule has 0 bridgehead atoms. The van der Waals surface area contributed by atoms with Gasteiger partial charge in [-0.1, -0.05) is 17.7 Å². The number of halogens is 1. The highest BCUT2D eigenvalue weighted by Gasteiger charge is 2.21. The van der Waals surface area contributed by atoms with Crippen LogP contribution in [0, 0.1) is 11.3 Å². The second kappa shape index (κ2) is 7.25. The largest absolute Gasteiger partial charge is 0.461 e. The van der Waals surface area contributed by atoms with Gasteiger partial charge in [0.1, 0.15) is 6.07 Å². The summed E-state index contributed by atoms with van der Waals surface area (Å²) in [7, 11) is 0. The minimum absolute atomic E-state index is 0.112. The SMILES string of the molecule is CCOC(=O)c1nn(Cc2ccc3ncc(Cl)cc3c2)c2cncc(C#N)c12. The van der Waals surface area contributed by atoms with Crippen molar-refractivity contribution in [3.05, 3.63) is 64.7 Å². The average molecular weight is 392 g/mol. The summed E-state index contributed by atoms with van der Waals surface area (Å²) in [5.41, 5.74) is 2.76. The summed E-state index contributed by atoms with van der Waals surface area (Å²) in [5.74, 6) is -0.566. The number of carbonyl (C=O) groups is 1. The van der Waals surface area contributed by atoms with Gasteiger partial charge in [0.15, 0.2) is 5.69 Å². The van der Waals surface area contributed by atoms with Gasteiger partial charge in [0, 0.05) is 17.8 Å². The van der Waals surface area contributed by atoms with E-state index in [1.165, 1.54) is 6.20 Å². The van der Waals surface area contributed by atoms with Gasteiger partial charge in [0.05, 0.1) is 46.4 Å². The number of hydrogen-bond acceptors (Lipinski definition) is 6. The van der Waals surface area contributed by atoms with E-state index in [0.29, 0.717) is 22.5 Å². The van der Waals surface area contributed by atoms with E-state index in [9.17, 15) is 10.1 Å². The molecular weight excluding hydrogens is 378 g/mol. The summed E-state index contributed by atoms with van der Waals surface area (Å²) in [6.07, 6.45) is 4.61. The number of aromatic nitrogens is 4. The second-order valence-corrected chi connectivity index (χ2v) is 6.54. The third-order valence-corrected chi connectivity index (χ3v) is 4.50. The van der Waals surface area contributed by atoms with E-state index >= 15 is 0 Å². The lowest BCUT2D eigenvalue weighted by Crippen LogP contribution is -2.08. The third-order valence-electron chi connectivity index (χ3n) is 4.30. The Morgan fingerprint density at radius 2 is 2.14 bits per heavy atom. The van der Waals surface area contributed by atoms with Crippen molar-refractivity contribution in [1.29, 1.82) is 5.26 Å². The zero-order valence-electron chi connectivity index (χ0n) is 14.9. The van der Waals surface area contributed by atoms with Crippen LogP contribution in [0.2, 0.25) is 5.02 Å². The number of esters is 1. The maximum atomic E-state index is 12.4. The lowest BCUT2D eigenvalue weighted by atomic mass is 10.1. The fraction of sp³-hybridized carbons (Fsp3) is 0.150. The molecule has 138 valence electrons. The van der Waals surface area contributed by atoms with Gasteiger partial charge in [-0.2, -0.15) is 10.4 Å². The van der Waals surface area contributed by atoms with Crippen LogP contribution in [-0.4, -0.2) is 32.3 Å². The molecule has 4 aromatic rings. The molecule has 0 spiro atoms. The Morgan fingerprint density at radius 3 is 2.93 bits per heavy atom. The van der Waals surface area contributed by atoms with Crippen LogP contribution in [0.4, 0.5) is 0 Å². The number of carbonyl (C=O) groups excluding carboxylic acids is 1. The summed E-state index contributed by atoms with van der Waals surface area (Å²) in [6, 6.07) is 9.71. The number of fused-ring (bicyclic) bond motifs is 2. The summed E-state index contributed by atoms with van der Waals surface area (Å²) in [5, 5.41) is 15.7. The predicted molar refractivity (Wildman–Crippen MR) is 104 cm³/mol. The van der Waals surface area contributed by atoms with Crippen LogP contribution >= 0.6 is 11.6 Å². The highest BCUT2D eigenvalue weighted by Crippen LogP contribution is 2.24. The monoisotopic (exact) mass is 391 g/mol. The van der Waals surface area contributed by atoms with Crippen molar-refractivity contribution >= 4 is 39.4 Å². The molecule has 0 N–H and O–H groups in total. The number of pyridine rings is 2. The molecule has 0 amide bonds. The molecular formula is C20H14ClN5O2. The molecule has 0 saturated heterocycles. The Balaban J connectivity index is 1.83. The van der Waals surface area contributed by atoms with Crippen molar-refractivity contribution in [3.8, 4) is 6.07 Å². The van der Waals surface area contributed by atoms with E-state index in [2.05, 4.69) is 21.1 Å². The Labute approximate surface area is 165 Å². The smallest absolute Gasteiger partial charge is 0.359 e. The molecule has 0 aliphatic heterocycles. The number of ether oxygens (including phenoxy) is 1. The third kappa shape index (κ3) is 3.15. The Kier molecular flexibility index (Phi) is 4.63. The molecule has 0 saturated carbocycles. The normalized spacial score (nSPS) is 10.9. The van der Waals surface area contributed by atoms with Crippen LogP contribution in [0.3, 0.4) is 0 Å². The molecule has 1 aromatic carbocycles. The Bertz CT molecular complexity index is 1260. The number of rotatable bonds is 4. The van der Waals surface area contributed by atoms with Crippen molar-refractivity contribution < 1.29 is 9.53 Å². The van der Waals surface area contributed by atoms with E-state index in [-0.39, 0.29) is 17.9 Å². The molecule has 0 atom stereocenters. The minimum atomic E-state index is -0.566. The van der Waals surface area contributed by atoms with Crippen LogP contribution in [0.25, 0.3) is 21.8 Å². The van der Waals surface area contributed by atoms with Crippen LogP contribution < -0.4 is 0 Å². The molecule has 0 unspecified atom stereocenters. The Morgan fingerprint density at radius 1 is 1.29 bits per heavy atom. The predicted octanol–water partition coefficient (Wildman–Crippen LogP) is 3.73. The molecule has 0 radical (unpaired) electrons. The molecule has 4 rings (SSSR count). The highest BCUT2D eigenvalue weighted by molar-refractivity contribution is 6.31. The van der Waals surface area contributed by atoms with Crippen molar-refractivity contribution in [3.63, 3.8) is 0 Å². The van der Waals surface area contributed by atoms with E-state index in [0.717, 1.165) is 16.5 Å². The van der Waals surface area contributed by atoms with Gasteiger partial charge in [-0.3, -0.25) is 14.6 Å². The van der Waals surface area contributed by atoms with E-state index < -0.39 is 5.97 Å². The summed E-state index contributed by atoms with van der Waals surface area (Å²) >= 11 is 6.04. The highest BCUT2D eigenvalue weighted by atomic mass is 35.5. The molecule has 8 heteroatoms. The number of hydrogen-bond donors (Lipinski definition) is 0. The van der Waals surface area contributed by atoms with Gasteiger partial charge in [-0.15, -0.1) is 0 Å². The zero-order valence-corrected chi connectivity index (χ0v) is 15.6. The van der Waals surface area contributed by atoms with Gasteiger partial charge in [-0.25, -0.2) is 4.79 Å². The van der Waals surface area contributed by atoms with Crippen LogP contribution in [-0.2, 0) is 11.3 Å². The van der Waals surface area contributed by atoms with E-state index in [1.54, 1.807) is 24.0 Å². The van der Waals surface area contributed by atoms with Crippen LogP contribution in [0.5, 0.6) is 0 Å². The summed E-state index contributed by atoms with van der Waals surface area (Å²) < 4.78 is 6.75. The molecule has 3 aromatic heterocycles. The first-order valence-corrected chi connectivity index (χ1v) is 8.94. The molecule has 0 aliphatic rings. The maximum Gasteiger partial charge on any atom is 0.359 e. The van der Waals surface area contributed by atoms with Crippen LogP contribution in [0.1, 0.15) is 28.5 Å². The van der Waals surface area contributed by atoms with Crippen LogP contribution in [0.15, 0.2) is 42.9 Å².